The van der Waals surface area contributed by atoms with Crippen molar-refractivity contribution in [3.8, 4) is 33.8 Å². The van der Waals surface area contributed by atoms with E-state index < -0.39 is 23.6 Å². The number of imidazole rings is 2. The van der Waals surface area contributed by atoms with Crippen LogP contribution in [0.4, 0.5) is 9.59 Å². The first-order valence-corrected chi connectivity index (χ1v) is 20.1. The van der Waals surface area contributed by atoms with Crippen molar-refractivity contribution < 1.29 is 28.7 Å². The molecule has 0 radical (unpaired) electrons. The van der Waals surface area contributed by atoms with E-state index >= 15 is 0 Å². The van der Waals surface area contributed by atoms with Gasteiger partial charge in [-0.2, -0.15) is 0 Å². The Morgan fingerprint density at radius 1 is 0.780 bits per heavy atom. The first-order chi connectivity index (χ1) is 28.3. The number of nitrogens with one attached hydrogen (secondary N) is 4. The molecule has 4 N–H and O–H groups in total. The van der Waals surface area contributed by atoms with Gasteiger partial charge < -0.3 is 39.9 Å². The molecule has 2 fully saturated rings. The highest BCUT2D eigenvalue weighted by Gasteiger charge is 2.38. The van der Waals surface area contributed by atoms with Gasteiger partial charge in [-0.15, -0.1) is 0 Å². The predicted octanol–water partition coefficient (Wildman–Crippen LogP) is 6.56. The largest absolute Gasteiger partial charge is 0.453 e. The Bertz CT molecular complexity index is 2320. The van der Waals surface area contributed by atoms with Gasteiger partial charge in [0.05, 0.1) is 73.0 Å². The number of hydrogen-bond donors (Lipinski definition) is 4. The molecule has 5 heterocycles. The minimum atomic E-state index is -0.700. The van der Waals surface area contributed by atoms with Crippen LogP contribution >= 0.6 is 0 Å². The second-order valence-electron chi connectivity index (χ2n) is 16.4. The molecule has 0 bridgehead atoms. The summed E-state index contributed by atoms with van der Waals surface area (Å²) >= 11 is 0. The Hall–Kier alpha value is -6.32. The fourth-order valence-electron chi connectivity index (χ4n) is 7.94. The summed E-state index contributed by atoms with van der Waals surface area (Å²) in [6, 6.07) is 12.8. The van der Waals surface area contributed by atoms with Crippen LogP contribution in [0.15, 0.2) is 61.1 Å². The number of carbonyl (C=O) groups excluding carboxylic acids is 4. The molecule has 2 aromatic carbocycles. The molecule has 0 unspecified atom stereocenters. The smallest absolute Gasteiger partial charge is 0.407 e. The molecule has 0 saturated carbocycles. The van der Waals surface area contributed by atoms with Crippen LogP contribution in [0.1, 0.15) is 83.5 Å². The maximum atomic E-state index is 13.6. The number of alkyl carbamates (subject to hydrolysis) is 2. The second-order valence-corrected chi connectivity index (χ2v) is 16.4. The van der Waals surface area contributed by atoms with Crippen LogP contribution in [-0.2, 0) is 19.1 Å². The average molecular weight is 805 g/mol. The number of benzene rings is 2. The predicted molar refractivity (Wildman–Crippen MR) is 220 cm³/mol. The van der Waals surface area contributed by atoms with Gasteiger partial charge in [-0.25, -0.2) is 24.5 Å². The summed E-state index contributed by atoms with van der Waals surface area (Å²) in [5.74, 6) is 1.20. The zero-order valence-electron chi connectivity index (χ0n) is 34.4. The van der Waals surface area contributed by atoms with E-state index in [-0.39, 0.29) is 36.2 Å². The van der Waals surface area contributed by atoms with E-state index in [1.54, 1.807) is 23.5 Å². The van der Waals surface area contributed by atoms with Gasteiger partial charge in [0, 0.05) is 37.2 Å². The van der Waals surface area contributed by atoms with Crippen molar-refractivity contribution in [2.75, 3.05) is 33.9 Å². The summed E-state index contributed by atoms with van der Waals surface area (Å²) in [5, 5.41) is 5.40. The fraction of sp³-hybridized carbons (Fsp3) is 0.442. The Balaban J connectivity index is 1.03. The third-order valence-corrected chi connectivity index (χ3v) is 11.2. The molecular formula is C43H52N10O6. The van der Waals surface area contributed by atoms with Crippen LogP contribution < -0.4 is 10.6 Å². The van der Waals surface area contributed by atoms with Gasteiger partial charge >= 0.3 is 12.2 Å². The van der Waals surface area contributed by atoms with Gasteiger partial charge in [-0.3, -0.25) is 14.6 Å². The molecule has 16 heteroatoms. The molecule has 2 aliphatic rings. The van der Waals surface area contributed by atoms with Crippen molar-refractivity contribution in [3.05, 3.63) is 72.7 Å². The van der Waals surface area contributed by atoms with Crippen LogP contribution in [-0.4, -0.2) is 104 Å². The van der Waals surface area contributed by atoms with E-state index in [2.05, 4.69) is 30.3 Å². The van der Waals surface area contributed by atoms with Gasteiger partial charge in [0.25, 0.3) is 0 Å². The zero-order chi connectivity index (χ0) is 41.8. The number of fused-ring (bicyclic) bond motifs is 1. The molecule has 16 nitrogen and oxygen atoms in total. The molecule has 7 rings (SSSR count). The van der Waals surface area contributed by atoms with Crippen molar-refractivity contribution >= 4 is 35.0 Å². The number of nitrogens with zero attached hydrogens (tertiary/aromatic N) is 6. The van der Waals surface area contributed by atoms with Crippen molar-refractivity contribution in [1.82, 2.24) is 50.3 Å². The second kappa shape index (κ2) is 17.3. The summed E-state index contributed by atoms with van der Waals surface area (Å²) in [5.41, 5.74) is 6.16. The van der Waals surface area contributed by atoms with Crippen molar-refractivity contribution in [2.24, 2.45) is 11.3 Å². The van der Waals surface area contributed by atoms with Crippen LogP contribution in [0.3, 0.4) is 0 Å². The molecular weight excluding hydrogens is 753 g/mol. The number of H-pyrrole nitrogens is 2. The lowest BCUT2D eigenvalue weighted by Gasteiger charge is -2.30. The van der Waals surface area contributed by atoms with E-state index in [1.165, 1.54) is 14.2 Å². The van der Waals surface area contributed by atoms with Gasteiger partial charge in [0.1, 0.15) is 17.7 Å². The molecule has 4 amide bonds. The quantitative estimate of drug-likeness (QED) is 0.107. The number of likely N-dealkylation sites (tertiary alicyclic amines) is 2. The third kappa shape index (κ3) is 9.06. The SMILES string of the molecule is COC(=O)NCC(C)(C)CC(=O)N1CCC[C@H]1c1ncc(-c2ccc3ncc(-c4ccc(-c5cnc([C@@H]6CCCN6C(=O)[C@@H](NC(=O)OC)C(C)C)[nH]5)cc4)nc3c2)[nH]1. The highest BCUT2D eigenvalue weighted by Crippen LogP contribution is 2.36. The van der Waals surface area contributed by atoms with E-state index in [0.717, 1.165) is 76.3 Å². The Morgan fingerprint density at radius 2 is 1.37 bits per heavy atom. The maximum absolute atomic E-state index is 13.6. The van der Waals surface area contributed by atoms with Gasteiger partial charge in [-0.1, -0.05) is 58.0 Å². The monoisotopic (exact) mass is 804 g/mol. The first-order valence-electron chi connectivity index (χ1n) is 20.1. The number of rotatable bonds is 12. The lowest BCUT2D eigenvalue weighted by molar-refractivity contribution is -0.135. The summed E-state index contributed by atoms with van der Waals surface area (Å²) < 4.78 is 9.44. The van der Waals surface area contributed by atoms with Gasteiger partial charge in [0.15, 0.2) is 0 Å². The molecule has 0 aliphatic carbocycles. The summed E-state index contributed by atoms with van der Waals surface area (Å²) in [4.78, 5) is 80.3. The zero-order valence-corrected chi connectivity index (χ0v) is 34.4. The highest BCUT2D eigenvalue weighted by atomic mass is 16.5. The minimum Gasteiger partial charge on any atom is -0.453 e. The van der Waals surface area contributed by atoms with Crippen LogP contribution in [0.5, 0.6) is 0 Å². The van der Waals surface area contributed by atoms with Gasteiger partial charge in [-0.05, 0) is 54.7 Å². The Kier molecular flexibility index (Phi) is 12.0. The molecule has 310 valence electrons. The average Bonchev–Trinajstić information content (AvgIpc) is 4.08. The number of aromatic amines is 2. The molecule has 3 aromatic heterocycles. The van der Waals surface area contributed by atoms with Crippen molar-refractivity contribution in [1.29, 1.82) is 0 Å². The van der Waals surface area contributed by atoms with Crippen molar-refractivity contribution in [2.45, 2.75) is 77.9 Å². The topological polar surface area (TPSA) is 200 Å². The lowest BCUT2D eigenvalue weighted by Crippen LogP contribution is -2.51. The summed E-state index contributed by atoms with van der Waals surface area (Å²) in [6.07, 6.45) is 7.77. The normalized spacial score (nSPS) is 17.3. The van der Waals surface area contributed by atoms with E-state index in [1.807, 2.05) is 75.1 Å². The fourth-order valence-corrected chi connectivity index (χ4v) is 7.94. The van der Waals surface area contributed by atoms with E-state index in [4.69, 9.17) is 19.7 Å². The van der Waals surface area contributed by atoms with E-state index in [0.29, 0.717) is 25.5 Å². The Labute approximate surface area is 342 Å². The molecule has 0 spiro atoms. The molecule has 2 saturated heterocycles. The number of aromatic nitrogens is 6. The van der Waals surface area contributed by atoms with Gasteiger partial charge in [0.2, 0.25) is 11.8 Å². The van der Waals surface area contributed by atoms with Crippen LogP contribution in [0.2, 0.25) is 0 Å². The highest BCUT2D eigenvalue weighted by molar-refractivity contribution is 5.86. The standard InChI is InChI=1S/C43H52N10O6/c1-25(2)37(51-42(57)59-6)40(55)53-18-8-10-35(53)39-45-22-32(49-39)27-13-11-26(12-14-27)31-21-44-29-16-15-28(19-30(29)48-31)33-23-46-38(50-33)34-9-7-17-52(34)36(54)20-43(3,4)24-47-41(56)58-5/h11-16,19,21-23,25,34-35,37H,7-10,17-18,20,24H2,1-6H3,(H,45,49)(H,46,50)(H,47,56)(H,51,57)/t34-,35-,37-/m0/s1. The molecule has 3 atom stereocenters. The molecule has 5 aromatic rings. The van der Waals surface area contributed by atoms with Crippen LogP contribution in [0, 0.1) is 11.3 Å². The third-order valence-electron chi connectivity index (χ3n) is 11.2. The van der Waals surface area contributed by atoms with E-state index in [9.17, 15) is 19.2 Å². The number of hydrogen-bond acceptors (Lipinski definition) is 10. The molecule has 2 aliphatic heterocycles. The number of methoxy groups -OCH3 is 2. The first kappa shape index (κ1) is 40.9. The number of carbonyl (C=O) groups is 4. The lowest BCUT2D eigenvalue weighted by atomic mass is 9.88. The maximum Gasteiger partial charge on any atom is 0.407 e. The number of ether oxygens (including phenoxy) is 2. The molecule has 59 heavy (non-hydrogen) atoms. The van der Waals surface area contributed by atoms with Crippen molar-refractivity contribution in [3.63, 3.8) is 0 Å². The number of amides is 4. The summed E-state index contributed by atoms with van der Waals surface area (Å²) in [6.45, 7) is 9.25. The minimum absolute atomic E-state index is 0.0225. The summed E-state index contributed by atoms with van der Waals surface area (Å²) in [7, 11) is 2.60. The Morgan fingerprint density at radius 3 is 2.02 bits per heavy atom. The van der Waals surface area contributed by atoms with Crippen LogP contribution in [0.25, 0.3) is 44.8 Å².